The minimum Gasteiger partial charge on any atom is -0.478 e. The van der Waals surface area contributed by atoms with Gasteiger partial charge < -0.3 is 36.1 Å². The van der Waals surface area contributed by atoms with Crippen LogP contribution in [-0.2, 0) is 23.9 Å². The van der Waals surface area contributed by atoms with Gasteiger partial charge in [0, 0.05) is 82.4 Å². The van der Waals surface area contributed by atoms with E-state index in [1.807, 2.05) is 128 Å². The van der Waals surface area contributed by atoms with E-state index in [2.05, 4.69) is 40.2 Å². The molecule has 0 radical (unpaired) electrons. The second-order valence-electron chi connectivity index (χ2n) is 20.0. The number of carbonyl (C=O) groups excluding carboxylic acids is 4. The van der Waals surface area contributed by atoms with Crippen LogP contribution < -0.4 is 16.4 Å². The highest BCUT2D eigenvalue weighted by Gasteiger charge is 2.28. The highest BCUT2D eigenvalue weighted by Crippen LogP contribution is 2.39. The Kier molecular flexibility index (Phi) is 25.9. The molecular formula is C69H58Cl3N3O10S3. The predicted octanol–water partition coefficient (Wildman–Crippen LogP) is 17.1. The lowest BCUT2D eigenvalue weighted by atomic mass is 10.0. The number of aliphatic carboxylic acids is 1. The molecule has 0 unspecified atom stereocenters. The molecule has 9 aromatic rings. The van der Waals surface area contributed by atoms with Crippen LogP contribution in [-0.4, -0.2) is 57.1 Å². The Balaban J connectivity index is 0.000000223. The van der Waals surface area contributed by atoms with Gasteiger partial charge in [-0.05, 0) is 131 Å². The Bertz CT molecular complexity index is 4080. The summed E-state index contributed by atoms with van der Waals surface area (Å²) < 4.78 is 11.0. The van der Waals surface area contributed by atoms with Crippen LogP contribution in [0.1, 0.15) is 96.7 Å². The van der Waals surface area contributed by atoms with Crippen molar-refractivity contribution in [2.45, 2.75) is 60.2 Å². The molecule has 3 heterocycles. The molecule has 13 nitrogen and oxygen atoms in total. The molecule has 0 spiro atoms. The number of carboxylic acid groups (broad SMARTS) is 2. The lowest BCUT2D eigenvalue weighted by Crippen LogP contribution is -2.24. The molecule has 2 amide bonds. The summed E-state index contributed by atoms with van der Waals surface area (Å²) in [4.78, 5) is 71.4. The summed E-state index contributed by atoms with van der Waals surface area (Å²) in [5, 5.41) is 31.3. The van der Waals surface area contributed by atoms with E-state index in [4.69, 9.17) is 55.1 Å². The minimum atomic E-state index is -1.12. The SMILES string of the molecule is C.CC(C)(C)OC(=O)c1c(-c2ccc(Cl)cc2)csc1N.CC(C)(C)OC(=O)c1c(-c2ccc(Cl)cc2)csc1NC(=O)C#Cc1ccccc1.O=C(C#Cc1ccccc1)Nc1scc(-c2ccc(Cl)cc2)c1C(=O)O.O=C(O)C#Cc1ccccc1. The van der Waals surface area contributed by atoms with Gasteiger partial charge in [0.05, 0.1) is 0 Å². The molecule has 0 aliphatic carbocycles. The molecule has 0 aliphatic rings. The van der Waals surface area contributed by atoms with Crippen molar-refractivity contribution >= 4 is 120 Å². The van der Waals surface area contributed by atoms with Crippen LogP contribution in [0.3, 0.4) is 0 Å². The number of carboxylic acids is 2. The van der Waals surface area contributed by atoms with E-state index < -0.39 is 46.9 Å². The quantitative estimate of drug-likeness (QED) is 0.0713. The van der Waals surface area contributed by atoms with Crippen LogP contribution in [0.4, 0.5) is 15.0 Å². The summed E-state index contributed by atoms with van der Waals surface area (Å²) in [6.45, 7) is 10.9. The van der Waals surface area contributed by atoms with Crippen LogP contribution in [0.25, 0.3) is 33.4 Å². The van der Waals surface area contributed by atoms with Gasteiger partial charge in [-0.3, -0.25) is 9.59 Å². The predicted molar refractivity (Wildman–Crippen MR) is 358 cm³/mol. The zero-order chi connectivity index (χ0) is 63.3. The van der Waals surface area contributed by atoms with Crippen molar-refractivity contribution in [3.63, 3.8) is 0 Å². The van der Waals surface area contributed by atoms with E-state index in [1.54, 1.807) is 98.9 Å². The van der Waals surface area contributed by atoms with Crippen LogP contribution in [0.2, 0.25) is 15.1 Å². The Morgan fingerprint density at radius 1 is 0.443 bits per heavy atom. The topological polar surface area (TPSA) is 211 Å². The lowest BCUT2D eigenvalue weighted by molar-refractivity contribution is -0.130. The monoisotopic (exact) mass is 1290 g/mol. The van der Waals surface area contributed by atoms with Crippen molar-refractivity contribution in [2.75, 3.05) is 16.4 Å². The van der Waals surface area contributed by atoms with E-state index in [9.17, 15) is 33.9 Å². The number of halogens is 3. The van der Waals surface area contributed by atoms with Crippen LogP contribution in [0.5, 0.6) is 0 Å². The van der Waals surface area contributed by atoms with Crippen molar-refractivity contribution in [1.82, 2.24) is 0 Å². The summed E-state index contributed by atoms with van der Waals surface area (Å²) in [6, 6.07) is 48.5. The van der Waals surface area contributed by atoms with Gasteiger partial charge in [0.2, 0.25) is 0 Å². The highest BCUT2D eigenvalue weighted by molar-refractivity contribution is 7.16. The number of nitrogens with one attached hydrogen (secondary N) is 2. The fourth-order valence-electron chi connectivity index (χ4n) is 7.30. The molecule has 6 N–H and O–H groups in total. The number of ether oxygens (including phenoxy) is 2. The molecule has 88 heavy (non-hydrogen) atoms. The Morgan fingerprint density at radius 2 is 0.750 bits per heavy atom. The van der Waals surface area contributed by atoms with Crippen LogP contribution in [0.15, 0.2) is 180 Å². The molecule has 19 heteroatoms. The summed E-state index contributed by atoms with van der Waals surface area (Å²) in [5.74, 6) is 10.9. The van der Waals surface area contributed by atoms with E-state index >= 15 is 0 Å². The molecule has 0 bridgehead atoms. The molecule has 9 rings (SSSR count). The first-order chi connectivity index (χ1) is 41.3. The highest BCUT2D eigenvalue weighted by atomic mass is 35.5. The first-order valence-electron chi connectivity index (χ1n) is 26.0. The van der Waals surface area contributed by atoms with Gasteiger partial charge in [-0.15, -0.1) is 34.0 Å². The van der Waals surface area contributed by atoms with Gasteiger partial charge in [-0.1, -0.05) is 151 Å². The maximum Gasteiger partial charge on any atom is 0.382 e. The second kappa shape index (κ2) is 32.9. The van der Waals surface area contributed by atoms with Crippen molar-refractivity contribution in [1.29, 1.82) is 0 Å². The fraction of sp³-hybridized carbons (Fsp3) is 0.130. The molecule has 0 fully saturated rings. The number of nitrogen functional groups attached to an aromatic ring is 1. The number of benzene rings is 6. The number of carbonyl (C=O) groups is 6. The number of hydrogen-bond donors (Lipinski definition) is 5. The van der Waals surface area contributed by atoms with Gasteiger partial charge in [-0.2, -0.15) is 0 Å². The summed E-state index contributed by atoms with van der Waals surface area (Å²) >= 11 is 21.5. The number of aromatic carboxylic acids is 1. The summed E-state index contributed by atoms with van der Waals surface area (Å²) in [6.07, 6.45) is 0. The van der Waals surface area contributed by atoms with Gasteiger partial charge in [0.25, 0.3) is 0 Å². The number of anilines is 3. The molecular weight excluding hydrogens is 1230 g/mol. The van der Waals surface area contributed by atoms with Crippen molar-refractivity contribution in [2.24, 2.45) is 0 Å². The number of esters is 2. The third-order valence-corrected chi connectivity index (χ3v) is 14.4. The molecule has 6 aromatic carbocycles. The first-order valence-corrected chi connectivity index (χ1v) is 29.7. The third-order valence-electron chi connectivity index (χ3n) is 11.0. The average Bonchev–Trinajstić information content (AvgIpc) is 1.98. The van der Waals surface area contributed by atoms with E-state index in [1.165, 1.54) is 22.7 Å². The normalized spacial score (nSPS) is 10.1. The lowest BCUT2D eigenvalue weighted by Gasteiger charge is -2.20. The third kappa shape index (κ3) is 22.1. The van der Waals surface area contributed by atoms with Crippen LogP contribution in [0, 0.1) is 35.5 Å². The first kappa shape index (κ1) is 69.4. The standard InChI is InChI=1S/C24H20ClNO3S.C20H12ClNO3S.C15H16ClNO2S.C9H6O2.CH4/c1-24(2,3)29-23(28)21-19(17-10-12-18(25)13-11-17)15-30-22(21)26-20(27)14-9-16-7-5-4-6-8-16;21-15-9-7-14(8-10-15)16-12-26-19(18(16)20(24)25)22-17(23)11-6-13-4-2-1-3-5-13;1-15(2,3)19-14(18)12-11(8-20-13(12)17)9-4-6-10(16)7-5-9;10-9(11)7-6-8-4-2-1-3-5-8;/h4-8,10-13,15H,1-3H3,(H,26,27);1-5,7-10,12H,(H,22,23)(H,24,25);4-8H,17H2,1-3H3;1-5H,(H,10,11);1H4. The largest absolute Gasteiger partial charge is 0.478 e. The molecule has 0 saturated carbocycles. The van der Waals surface area contributed by atoms with Gasteiger partial charge in [0.1, 0.15) is 42.9 Å². The summed E-state index contributed by atoms with van der Waals surface area (Å²) in [7, 11) is 0. The Hall–Kier alpha value is -9.41. The summed E-state index contributed by atoms with van der Waals surface area (Å²) in [5.41, 5.74) is 12.0. The molecule has 448 valence electrons. The Labute approximate surface area is 538 Å². The zero-order valence-electron chi connectivity index (χ0n) is 47.4. The molecule has 0 saturated heterocycles. The van der Waals surface area contributed by atoms with E-state index in [0.717, 1.165) is 39.2 Å². The second-order valence-corrected chi connectivity index (χ2v) is 24.0. The Morgan fingerprint density at radius 3 is 1.09 bits per heavy atom. The number of rotatable bonds is 8. The number of thiophene rings is 3. The number of hydrogen-bond acceptors (Lipinski definition) is 12. The van der Waals surface area contributed by atoms with Gasteiger partial charge >= 0.3 is 35.7 Å². The smallest absolute Gasteiger partial charge is 0.382 e. The minimum absolute atomic E-state index is 0. The van der Waals surface area contributed by atoms with Crippen molar-refractivity contribution in [3.05, 3.63) is 228 Å². The van der Waals surface area contributed by atoms with Gasteiger partial charge in [-0.25, -0.2) is 19.2 Å². The number of nitrogens with two attached hydrogens (primary N) is 1. The molecule has 0 atom stereocenters. The maximum atomic E-state index is 12.9. The number of amides is 2. The van der Waals surface area contributed by atoms with E-state index in [0.29, 0.717) is 58.5 Å². The average molecular weight is 1290 g/mol. The van der Waals surface area contributed by atoms with Gasteiger partial charge in [0.15, 0.2) is 0 Å². The van der Waals surface area contributed by atoms with Crippen molar-refractivity contribution in [3.8, 4) is 68.9 Å². The maximum absolute atomic E-state index is 12.9. The molecule has 3 aromatic heterocycles. The van der Waals surface area contributed by atoms with E-state index in [-0.39, 0.29) is 18.0 Å². The zero-order valence-corrected chi connectivity index (χ0v) is 52.1. The fourth-order valence-corrected chi connectivity index (χ4v) is 10.4. The molecule has 0 aliphatic heterocycles. The van der Waals surface area contributed by atoms with Crippen LogP contribution >= 0.6 is 68.8 Å². The van der Waals surface area contributed by atoms with Crippen molar-refractivity contribution < 1.29 is 48.5 Å².